The average Bonchev–Trinajstić information content (AvgIpc) is 2.72. The van der Waals surface area contributed by atoms with E-state index in [1.54, 1.807) is 6.07 Å². The third kappa shape index (κ3) is 1.84. The maximum Gasteiger partial charge on any atom is 0.160 e. The SMILES string of the molecule is C=CCC(C)Nc1ccc(N)c2nonc12. The molecule has 1 unspecified atom stereocenters. The second-order valence-corrected chi connectivity index (χ2v) is 3.73. The van der Waals surface area contributed by atoms with Crippen molar-refractivity contribution in [2.75, 3.05) is 11.1 Å². The molecular weight excluding hydrogens is 204 g/mol. The third-order valence-electron chi connectivity index (χ3n) is 2.37. The Hall–Kier alpha value is -2.04. The molecule has 1 aromatic heterocycles. The van der Waals surface area contributed by atoms with Crippen molar-refractivity contribution in [3.05, 3.63) is 24.8 Å². The van der Waals surface area contributed by atoms with Gasteiger partial charge in [0.05, 0.1) is 11.4 Å². The number of anilines is 2. The molecule has 0 fully saturated rings. The first kappa shape index (κ1) is 10.5. The maximum absolute atomic E-state index is 5.75. The van der Waals surface area contributed by atoms with Gasteiger partial charge in [-0.3, -0.25) is 0 Å². The number of nitrogens with two attached hydrogens (primary N) is 1. The van der Waals surface area contributed by atoms with E-state index in [2.05, 4.69) is 33.8 Å². The Balaban J connectivity index is 2.34. The largest absolute Gasteiger partial charge is 0.397 e. The third-order valence-corrected chi connectivity index (χ3v) is 2.37. The Morgan fingerprint density at radius 3 is 3.00 bits per heavy atom. The summed E-state index contributed by atoms with van der Waals surface area (Å²) in [4.78, 5) is 0. The van der Waals surface area contributed by atoms with Crippen molar-refractivity contribution in [1.29, 1.82) is 0 Å². The van der Waals surface area contributed by atoms with Gasteiger partial charge in [0.25, 0.3) is 0 Å². The maximum atomic E-state index is 5.75. The zero-order valence-electron chi connectivity index (χ0n) is 9.10. The summed E-state index contributed by atoms with van der Waals surface area (Å²) in [6.45, 7) is 5.77. The summed E-state index contributed by atoms with van der Waals surface area (Å²) >= 11 is 0. The molecule has 2 aromatic rings. The van der Waals surface area contributed by atoms with Crippen LogP contribution in [0.5, 0.6) is 0 Å². The van der Waals surface area contributed by atoms with Crippen LogP contribution in [-0.2, 0) is 0 Å². The zero-order chi connectivity index (χ0) is 11.5. The van der Waals surface area contributed by atoms with Crippen LogP contribution in [0.1, 0.15) is 13.3 Å². The molecule has 0 saturated carbocycles. The van der Waals surface area contributed by atoms with Gasteiger partial charge >= 0.3 is 0 Å². The van der Waals surface area contributed by atoms with Crippen molar-refractivity contribution >= 4 is 22.4 Å². The molecule has 5 nitrogen and oxygen atoms in total. The van der Waals surface area contributed by atoms with Gasteiger partial charge in [-0.1, -0.05) is 6.08 Å². The van der Waals surface area contributed by atoms with E-state index in [9.17, 15) is 0 Å². The molecule has 1 heterocycles. The van der Waals surface area contributed by atoms with E-state index >= 15 is 0 Å². The van der Waals surface area contributed by atoms with E-state index in [0.29, 0.717) is 16.7 Å². The zero-order valence-corrected chi connectivity index (χ0v) is 9.10. The molecule has 3 N–H and O–H groups in total. The lowest BCUT2D eigenvalue weighted by molar-refractivity contribution is 0.315. The highest BCUT2D eigenvalue weighted by molar-refractivity contribution is 5.95. The van der Waals surface area contributed by atoms with Gasteiger partial charge in [-0.05, 0) is 35.8 Å². The van der Waals surface area contributed by atoms with Gasteiger partial charge < -0.3 is 11.1 Å². The molecule has 0 bridgehead atoms. The molecule has 0 radical (unpaired) electrons. The molecule has 84 valence electrons. The normalized spacial score (nSPS) is 12.6. The van der Waals surface area contributed by atoms with Crippen LogP contribution in [0.3, 0.4) is 0 Å². The number of fused-ring (bicyclic) bond motifs is 1. The number of hydrogen-bond acceptors (Lipinski definition) is 5. The van der Waals surface area contributed by atoms with Crippen molar-refractivity contribution in [3.8, 4) is 0 Å². The fourth-order valence-electron chi connectivity index (χ4n) is 1.58. The number of nitrogens with zero attached hydrogens (tertiary/aromatic N) is 2. The minimum absolute atomic E-state index is 0.279. The predicted molar refractivity (Wildman–Crippen MR) is 64.1 cm³/mol. The van der Waals surface area contributed by atoms with Crippen molar-refractivity contribution < 1.29 is 4.63 Å². The summed E-state index contributed by atoms with van der Waals surface area (Å²) in [5.41, 5.74) is 8.45. The van der Waals surface area contributed by atoms with Crippen LogP contribution >= 0.6 is 0 Å². The minimum Gasteiger partial charge on any atom is -0.397 e. The molecular formula is C11H14N4O. The molecule has 0 amide bonds. The molecule has 0 aliphatic carbocycles. The van der Waals surface area contributed by atoms with Gasteiger partial charge in [-0.25, -0.2) is 4.63 Å². The van der Waals surface area contributed by atoms with Crippen LogP contribution in [0.25, 0.3) is 11.0 Å². The monoisotopic (exact) mass is 218 g/mol. The number of aromatic nitrogens is 2. The Morgan fingerprint density at radius 2 is 2.25 bits per heavy atom. The van der Waals surface area contributed by atoms with Gasteiger partial charge in [0.15, 0.2) is 11.0 Å². The van der Waals surface area contributed by atoms with E-state index < -0.39 is 0 Å². The molecule has 1 atom stereocenters. The van der Waals surface area contributed by atoms with Crippen LogP contribution in [-0.4, -0.2) is 16.4 Å². The lowest BCUT2D eigenvalue weighted by Crippen LogP contribution is -2.14. The Kier molecular flexibility index (Phi) is 2.76. The fraction of sp³-hybridized carbons (Fsp3) is 0.273. The number of nitrogen functional groups attached to an aromatic ring is 1. The van der Waals surface area contributed by atoms with E-state index in [0.717, 1.165) is 12.1 Å². The Labute approximate surface area is 93.3 Å². The summed E-state index contributed by atoms with van der Waals surface area (Å²) in [5, 5.41) is 10.9. The summed E-state index contributed by atoms with van der Waals surface area (Å²) in [5.74, 6) is 0. The topological polar surface area (TPSA) is 77.0 Å². The summed E-state index contributed by atoms with van der Waals surface area (Å²) in [6.07, 6.45) is 2.74. The van der Waals surface area contributed by atoms with Crippen LogP contribution in [0.4, 0.5) is 11.4 Å². The molecule has 2 rings (SSSR count). The van der Waals surface area contributed by atoms with E-state index in [-0.39, 0.29) is 6.04 Å². The van der Waals surface area contributed by atoms with Crippen LogP contribution in [0.15, 0.2) is 29.4 Å². The molecule has 0 aliphatic heterocycles. The first-order chi connectivity index (χ1) is 7.72. The molecule has 16 heavy (non-hydrogen) atoms. The average molecular weight is 218 g/mol. The standard InChI is InChI=1S/C11H14N4O/c1-3-4-7(2)13-9-6-5-8(12)10-11(9)15-16-14-10/h3,5-7,13H,1,4,12H2,2H3. The molecule has 0 aliphatic rings. The Bertz CT molecular complexity index is 506. The second kappa shape index (κ2) is 4.22. The first-order valence-electron chi connectivity index (χ1n) is 5.10. The van der Waals surface area contributed by atoms with Crippen molar-refractivity contribution in [2.24, 2.45) is 0 Å². The Morgan fingerprint density at radius 1 is 1.50 bits per heavy atom. The van der Waals surface area contributed by atoms with Gasteiger partial charge in [-0.15, -0.1) is 6.58 Å². The highest BCUT2D eigenvalue weighted by Crippen LogP contribution is 2.25. The second-order valence-electron chi connectivity index (χ2n) is 3.73. The summed E-state index contributed by atoms with van der Waals surface area (Å²) in [7, 11) is 0. The van der Waals surface area contributed by atoms with Gasteiger partial charge in [-0.2, -0.15) is 0 Å². The number of rotatable bonds is 4. The van der Waals surface area contributed by atoms with Crippen molar-refractivity contribution in [3.63, 3.8) is 0 Å². The van der Waals surface area contributed by atoms with E-state index in [4.69, 9.17) is 5.73 Å². The number of benzene rings is 1. The van der Waals surface area contributed by atoms with E-state index in [1.807, 2.05) is 12.1 Å². The quantitative estimate of drug-likeness (QED) is 0.607. The fourth-order valence-corrected chi connectivity index (χ4v) is 1.58. The van der Waals surface area contributed by atoms with Gasteiger partial charge in [0, 0.05) is 6.04 Å². The highest BCUT2D eigenvalue weighted by Gasteiger charge is 2.11. The van der Waals surface area contributed by atoms with Gasteiger partial charge in [0.1, 0.15) is 0 Å². The smallest absolute Gasteiger partial charge is 0.160 e. The highest BCUT2D eigenvalue weighted by atomic mass is 16.6. The number of nitrogens with one attached hydrogen (secondary N) is 1. The molecule has 0 spiro atoms. The molecule has 0 saturated heterocycles. The van der Waals surface area contributed by atoms with Gasteiger partial charge in [0.2, 0.25) is 0 Å². The molecule has 5 heteroatoms. The minimum atomic E-state index is 0.279. The predicted octanol–water partition coefficient (Wildman–Crippen LogP) is 2.18. The molecule has 1 aromatic carbocycles. The van der Waals surface area contributed by atoms with Crippen molar-refractivity contribution in [1.82, 2.24) is 10.3 Å². The van der Waals surface area contributed by atoms with Crippen LogP contribution < -0.4 is 11.1 Å². The van der Waals surface area contributed by atoms with E-state index in [1.165, 1.54) is 0 Å². The summed E-state index contributed by atoms with van der Waals surface area (Å²) in [6, 6.07) is 3.94. The first-order valence-corrected chi connectivity index (χ1v) is 5.10. The lowest BCUT2D eigenvalue weighted by atomic mass is 10.2. The van der Waals surface area contributed by atoms with Crippen LogP contribution in [0.2, 0.25) is 0 Å². The summed E-state index contributed by atoms with van der Waals surface area (Å²) < 4.78 is 4.69. The van der Waals surface area contributed by atoms with Crippen molar-refractivity contribution in [2.45, 2.75) is 19.4 Å². The number of hydrogen-bond donors (Lipinski definition) is 2. The lowest BCUT2D eigenvalue weighted by Gasteiger charge is -2.13. The van der Waals surface area contributed by atoms with Crippen LogP contribution in [0, 0.1) is 0 Å².